The summed E-state index contributed by atoms with van der Waals surface area (Å²) in [6.07, 6.45) is 0. The van der Waals surface area contributed by atoms with Crippen LogP contribution in [0.15, 0.2) is 41.8 Å². The molecule has 25 heavy (non-hydrogen) atoms. The first-order valence-corrected chi connectivity index (χ1v) is 8.73. The Labute approximate surface area is 148 Å². The summed E-state index contributed by atoms with van der Waals surface area (Å²) in [5, 5.41) is 5.76. The zero-order valence-corrected chi connectivity index (χ0v) is 14.3. The molecule has 1 aliphatic heterocycles. The molecule has 1 aliphatic rings. The number of benzene rings is 2. The lowest BCUT2D eigenvalue weighted by Gasteiger charge is -2.13. The normalized spacial score (nSPS) is 12.8. The molecule has 0 unspecified atom stereocenters. The van der Waals surface area contributed by atoms with E-state index in [1.165, 1.54) is 12.1 Å². The molecular weight excluding hydrogens is 339 g/mol. The molecule has 0 spiro atoms. The minimum Gasteiger partial charge on any atom is -0.487 e. The molecule has 0 aliphatic carbocycles. The van der Waals surface area contributed by atoms with Crippen molar-refractivity contribution in [3.05, 3.63) is 69.4 Å². The standard InChI is InChI=1S/C19H15FN2O2S/c1-11-22-15(10-25-11)9-24-18-6-13-8-21-19(23)17(13)7-16(18)12-2-4-14(20)5-3-12/h2-7,10H,8-9H2,1H3,(H,21,23). The first kappa shape index (κ1) is 15.8. The highest BCUT2D eigenvalue weighted by Gasteiger charge is 2.22. The van der Waals surface area contributed by atoms with Gasteiger partial charge in [-0.05, 0) is 42.3 Å². The van der Waals surface area contributed by atoms with E-state index >= 15 is 0 Å². The number of halogens is 1. The number of thiazole rings is 1. The molecule has 4 nitrogen and oxygen atoms in total. The van der Waals surface area contributed by atoms with Gasteiger partial charge >= 0.3 is 0 Å². The quantitative estimate of drug-likeness (QED) is 0.768. The summed E-state index contributed by atoms with van der Waals surface area (Å²) in [6, 6.07) is 9.86. The van der Waals surface area contributed by atoms with E-state index in [1.807, 2.05) is 24.4 Å². The van der Waals surface area contributed by atoms with Crippen LogP contribution in [-0.2, 0) is 13.2 Å². The highest BCUT2D eigenvalue weighted by atomic mass is 32.1. The maximum atomic E-state index is 13.3. The average molecular weight is 354 g/mol. The molecule has 0 radical (unpaired) electrons. The summed E-state index contributed by atoms with van der Waals surface area (Å²) in [6.45, 7) is 2.79. The molecule has 2 heterocycles. The van der Waals surface area contributed by atoms with E-state index in [9.17, 15) is 9.18 Å². The van der Waals surface area contributed by atoms with E-state index in [1.54, 1.807) is 23.5 Å². The average Bonchev–Trinajstić information content (AvgIpc) is 3.19. The van der Waals surface area contributed by atoms with E-state index < -0.39 is 0 Å². The van der Waals surface area contributed by atoms with Gasteiger partial charge in [0.15, 0.2) is 0 Å². The Morgan fingerprint density at radius 2 is 2.04 bits per heavy atom. The Bertz CT molecular complexity index is 951. The Hall–Kier alpha value is -2.73. The second-order valence-corrected chi connectivity index (χ2v) is 6.90. The third-order valence-corrected chi connectivity index (χ3v) is 4.91. The molecule has 0 bridgehead atoms. The number of fused-ring (bicyclic) bond motifs is 1. The number of carbonyl (C=O) groups excluding carboxylic acids is 1. The van der Waals surface area contributed by atoms with Crippen molar-refractivity contribution in [2.75, 3.05) is 0 Å². The van der Waals surface area contributed by atoms with Gasteiger partial charge in [-0.3, -0.25) is 4.79 Å². The van der Waals surface area contributed by atoms with E-state index in [2.05, 4.69) is 10.3 Å². The number of nitrogens with zero attached hydrogens (tertiary/aromatic N) is 1. The topological polar surface area (TPSA) is 51.2 Å². The minimum absolute atomic E-state index is 0.0972. The number of rotatable bonds is 4. The van der Waals surface area contributed by atoms with Crippen molar-refractivity contribution < 1.29 is 13.9 Å². The number of hydrogen-bond donors (Lipinski definition) is 1. The molecule has 2 aromatic carbocycles. The SMILES string of the molecule is Cc1nc(COc2cc3c(cc2-c2ccc(F)cc2)C(=O)NC3)cs1. The third-order valence-electron chi connectivity index (χ3n) is 4.09. The van der Waals surface area contributed by atoms with Crippen LogP contribution in [0.5, 0.6) is 5.75 Å². The Morgan fingerprint density at radius 1 is 1.24 bits per heavy atom. The number of ether oxygens (including phenoxy) is 1. The third kappa shape index (κ3) is 3.13. The van der Waals surface area contributed by atoms with Gasteiger partial charge in [0.1, 0.15) is 18.2 Å². The van der Waals surface area contributed by atoms with Crippen LogP contribution >= 0.6 is 11.3 Å². The van der Waals surface area contributed by atoms with Gasteiger partial charge in [-0.1, -0.05) is 12.1 Å². The van der Waals surface area contributed by atoms with Crippen LogP contribution in [0.3, 0.4) is 0 Å². The number of carbonyl (C=O) groups is 1. The van der Waals surface area contributed by atoms with Gasteiger partial charge in [-0.25, -0.2) is 9.37 Å². The van der Waals surface area contributed by atoms with Crippen molar-refractivity contribution in [2.45, 2.75) is 20.1 Å². The minimum atomic E-state index is -0.303. The van der Waals surface area contributed by atoms with E-state index in [0.29, 0.717) is 24.5 Å². The molecule has 4 rings (SSSR count). The lowest BCUT2D eigenvalue weighted by molar-refractivity contribution is 0.0966. The predicted molar refractivity (Wildman–Crippen MR) is 94.2 cm³/mol. The molecular formula is C19H15FN2O2S. The fraction of sp³-hybridized carbons (Fsp3) is 0.158. The van der Waals surface area contributed by atoms with Crippen LogP contribution in [0.2, 0.25) is 0 Å². The lowest BCUT2D eigenvalue weighted by Crippen LogP contribution is -2.12. The zero-order valence-electron chi connectivity index (χ0n) is 13.5. The molecule has 0 atom stereocenters. The van der Waals surface area contributed by atoms with E-state index in [-0.39, 0.29) is 11.7 Å². The van der Waals surface area contributed by atoms with Gasteiger partial charge < -0.3 is 10.1 Å². The molecule has 126 valence electrons. The van der Waals surface area contributed by atoms with Crippen LogP contribution in [-0.4, -0.2) is 10.9 Å². The van der Waals surface area contributed by atoms with Crippen LogP contribution in [0.25, 0.3) is 11.1 Å². The Morgan fingerprint density at radius 3 is 2.76 bits per heavy atom. The molecule has 1 aromatic heterocycles. The summed E-state index contributed by atoms with van der Waals surface area (Å²) >= 11 is 1.57. The first-order valence-electron chi connectivity index (χ1n) is 7.85. The van der Waals surface area contributed by atoms with Gasteiger partial charge in [0, 0.05) is 23.1 Å². The van der Waals surface area contributed by atoms with Gasteiger partial charge in [0.05, 0.1) is 10.7 Å². The van der Waals surface area contributed by atoms with Crippen LogP contribution in [0, 0.1) is 12.7 Å². The second kappa shape index (κ2) is 6.29. The molecule has 0 fully saturated rings. The first-order chi connectivity index (χ1) is 12.1. The number of amides is 1. The summed E-state index contributed by atoms with van der Waals surface area (Å²) in [5.41, 5.74) is 3.97. The fourth-order valence-electron chi connectivity index (χ4n) is 2.85. The smallest absolute Gasteiger partial charge is 0.251 e. The predicted octanol–water partition coefficient (Wildman–Crippen LogP) is 4.08. The zero-order chi connectivity index (χ0) is 17.4. The summed E-state index contributed by atoms with van der Waals surface area (Å²) < 4.78 is 19.2. The number of aromatic nitrogens is 1. The molecule has 6 heteroatoms. The molecule has 1 amide bonds. The fourth-order valence-corrected chi connectivity index (χ4v) is 3.45. The second-order valence-electron chi connectivity index (χ2n) is 5.84. The number of aryl methyl sites for hydroxylation is 1. The molecule has 0 saturated carbocycles. The summed E-state index contributed by atoms with van der Waals surface area (Å²) in [7, 11) is 0. The summed E-state index contributed by atoms with van der Waals surface area (Å²) in [4.78, 5) is 16.4. The van der Waals surface area contributed by atoms with Crippen molar-refractivity contribution >= 4 is 17.2 Å². The molecule has 3 aromatic rings. The van der Waals surface area contributed by atoms with Crippen LogP contribution in [0.4, 0.5) is 4.39 Å². The molecule has 0 saturated heterocycles. The highest BCUT2D eigenvalue weighted by molar-refractivity contribution is 7.09. The van der Waals surface area contributed by atoms with Crippen molar-refractivity contribution in [3.63, 3.8) is 0 Å². The Kier molecular flexibility index (Phi) is 3.97. The number of nitrogens with one attached hydrogen (secondary N) is 1. The highest BCUT2D eigenvalue weighted by Crippen LogP contribution is 2.35. The van der Waals surface area contributed by atoms with Crippen molar-refractivity contribution in [2.24, 2.45) is 0 Å². The van der Waals surface area contributed by atoms with E-state index in [0.717, 1.165) is 27.4 Å². The van der Waals surface area contributed by atoms with E-state index in [4.69, 9.17) is 4.74 Å². The monoisotopic (exact) mass is 354 g/mol. The molecule has 1 N–H and O–H groups in total. The van der Waals surface area contributed by atoms with Crippen LogP contribution < -0.4 is 10.1 Å². The van der Waals surface area contributed by atoms with Crippen LogP contribution in [0.1, 0.15) is 26.6 Å². The number of hydrogen-bond acceptors (Lipinski definition) is 4. The maximum absolute atomic E-state index is 13.3. The van der Waals surface area contributed by atoms with Gasteiger partial charge in [-0.2, -0.15) is 0 Å². The van der Waals surface area contributed by atoms with Crippen molar-refractivity contribution in [1.29, 1.82) is 0 Å². The largest absolute Gasteiger partial charge is 0.487 e. The van der Waals surface area contributed by atoms with Crippen molar-refractivity contribution in [3.8, 4) is 16.9 Å². The summed E-state index contributed by atoms with van der Waals surface area (Å²) in [5.74, 6) is 0.260. The van der Waals surface area contributed by atoms with Gasteiger partial charge in [0.25, 0.3) is 5.91 Å². The maximum Gasteiger partial charge on any atom is 0.251 e. The van der Waals surface area contributed by atoms with Gasteiger partial charge in [0.2, 0.25) is 0 Å². The van der Waals surface area contributed by atoms with Gasteiger partial charge in [-0.15, -0.1) is 11.3 Å². The Balaban J connectivity index is 1.73. The van der Waals surface area contributed by atoms with Crippen molar-refractivity contribution in [1.82, 2.24) is 10.3 Å². The lowest BCUT2D eigenvalue weighted by atomic mass is 9.99.